The van der Waals surface area contributed by atoms with Gasteiger partial charge in [-0.05, 0) is 48.9 Å². The van der Waals surface area contributed by atoms with E-state index in [0.29, 0.717) is 68.2 Å². The molecule has 10 nitrogen and oxygen atoms in total. The van der Waals surface area contributed by atoms with Crippen molar-refractivity contribution in [2.75, 3.05) is 48.4 Å². The number of nitrogens with one attached hydrogen (secondary N) is 2. The summed E-state index contributed by atoms with van der Waals surface area (Å²) in [5.74, 6) is 0.971. The lowest BCUT2D eigenvalue weighted by Gasteiger charge is -2.29. The van der Waals surface area contributed by atoms with Crippen LogP contribution in [0.2, 0.25) is 0 Å². The highest BCUT2D eigenvalue weighted by Gasteiger charge is 2.32. The number of alkyl halides is 3. The molecule has 220 valence electrons. The normalized spacial score (nSPS) is 14.5. The average Bonchev–Trinajstić information content (AvgIpc) is 3.44. The van der Waals surface area contributed by atoms with Crippen molar-refractivity contribution < 1.29 is 27.8 Å². The minimum Gasteiger partial charge on any atom is -0.392 e. The summed E-state index contributed by atoms with van der Waals surface area (Å²) in [6.07, 6.45) is 0.241. The molecule has 5 rings (SSSR count). The lowest BCUT2D eigenvalue weighted by atomic mass is 10.1. The van der Waals surface area contributed by atoms with Crippen LogP contribution in [0.5, 0.6) is 0 Å². The molecule has 2 aromatic heterocycles. The van der Waals surface area contributed by atoms with Crippen LogP contribution in [0.3, 0.4) is 0 Å². The van der Waals surface area contributed by atoms with Gasteiger partial charge in [-0.15, -0.1) is 0 Å². The number of benzene rings is 2. The quantitative estimate of drug-likeness (QED) is 0.270. The van der Waals surface area contributed by atoms with E-state index in [1.54, 1.807) is 59.2 Å². The van der Waals surface area contributed by atoms with Crippen molar-refractivity contribution in [1.82, 2.24) is 19.5 Å². The molecule has 0 bridgehead atoms. The fraction of sp³-hybridized carbons (Fsp3) is 0.310. The van der Waals surface area contributed by atoms with Gasteiger partial charge in [0.1, 0.15) is 11.6 Å². The summed E-state index contributed by atoms with van der Waals surface area (Å²) in [7, 11) is 0. The molecule has 1 aliphatic rings. The number of ether oxygens (including phenoxy) is 1. The number of carbonyl (C=O) groups is 1. The van der Waals surface area contributed by atoms with Gasteiger partial charge in [-0.25, -0.2) is 9.97 Å². The number of imidazole rings is 1. The van der Waals surface area contributed by atoms with Crippen molar-refractivity contribution in [2.45, 2.75) is 25.6 Å². The minimum absolute atomic E-state index is 0.0870. The number of morpholine rings is 1. The molecule has 42 heavy (non-hydrogen) atoms. The van der Waals surface area contributed by atoms with Gasteiger partial charge in [0.05, 0.1) is 24.9 Å². The van der Waals surface area contributed by atoms with Gasteiger partial charge >= 0.3 is 6.18 Å². The summed E-state index contributed by atoms with van der Waals surface area (Å²) in [5, 5.41) is 15.2. The number of rotatable bonds is 9. The van der Waals surface area contributed by atoms with E-state index < -0.39 is 23.8 Å². The largest absolute Gasteiger partial charge is 0.416 e. The maximum absolute atomic E-state index is 13.7. The Morgan fingerprint density at radius 2 is 1.90 bits per heavy atom. The van der Waals surface area contributed by atoms with Crippen LogP contribution >= 0.6 is 0 Å². The van der Waals surface area contributed by atoms with Crippen molar-refractivity contribution in [1.29, 1.82) is 0 Å². The monoisotopic (exact) mass is 581 g/mol. The standard InChI is InChI=1S/C29H30F3N7O3/c1-19(40)18-35-28-34-6-5-25(37-28)39-8-7-33-26(39)14-20-3-2-4-23(13-20)36-27(41)21-15-22(29(30,31)32)17-24(16-21)38-9-11-42-12-10-38/h2-8,13,15-17,19,40H,9-12,14,18H2,1H3,(H,36,41)(H,34,35,37)/t19-/m0/s1. The average molecular weight is 582 g/mol. The number of aliphatic hydroxyl groups excluding tert-OH is 1. The first-order valence-electron chi connectivity index (χ1n) is 13.4. The molecule has 3 N–H and O–H groups in total. The molecule has 1 atom stereocenters. The number of nitrogens with zero attached hydrogens (tertiary/aromatic N) is 5. The fourth-order valence-electron chi connectivity index (χ4n) is 4.54. The second-order valence-corrected chi connectivity index (χ2v) is 9.88. The van der Waals surface area contributed by atoms with Gasteiger partial charge in [0.2, 0.25) is 5.95 Å². The molecule has 13 heteroatoms. The van der Waals surface area contributed by atoms with Crippen molar-refractivity contribution in [3.63, 3.8) is 0 Å². The molecule has 0 spiro atoms. The zero-order chi connectivity index (χ0) is 29.7. The Morgan fingerprint density at radius 3 is 2.67 bits per heavy atom. The fourth-order valence-corrected chi connectivity index (χ4v) is 4.54. The van der Waals surface area contributed by atoms with Crippen LogP contribution in [0.15, 0.2) is 67.1 Å². The van der Waals surface area contributed by atoms with Crippen LogP contribution in [0, 0.1) is 0 Å². The summed E-state index contributed by atoms with van der Waals surface area (Å²) in [5.41, 5.74) is 0.613. The lowest BCUT2D eigenvalue weighted by molar-refractivity contribution is -0.137. The second-order valence-electron chi connectivity index (χ2n) is 9.88. The lowest BCUT2D eigenvalue weighted by Crippen LogP contribution is -2.36. The van der Waals surface area contributed by atoms with Crippen molar-refractivity contribution in [2.24, 2.45) is 0 Å². The predicted molar refractivity (Wildman–Crippen MR) is 151 cm³/mol. The molecule has 1 saturated heterocycles. The SMILES string of the molecule is C[C@H](O)CNc1nccc(-n2ccnc2Cc2cccc(NC(=O)c3cc(N4CCOCC4)cc(C(F)(F)F)c3)c2)n1. The Balaban J connectivity index is 1.33. The molecule has 1 aliphatic heterocycles. The highest BCUT2D eigenvalue weighted by molar-refractivity contribution is 6.05. The Hall–Kier alpha value is -4.49. The predicted octanol–water partition coefficient (Wildman–Crippen LogP) is 4.15. The minimum atomic E-state index is -4.60. The number of hydrogen-bond acceptors (Lipinski definition) is 8. The molecule has 0 saturated carbocycles. The van der Waals surface area contributed by atoms with Crippen LogP contribution < -0.4 is 15.5 Å². The number of anilines is 3. The first kappa shape index (κ1) is 29.0. The first-order chi connectivity index (χ1) is 20.2. The Morgan fingerprint density at radius 1 is 1.10 bits per heavy atom. The molecule has 4 aromatic rings. The number of carbonyl (C=O) groups excluding carboxylic acids is 1. The molecule has 3 heterocycles. The highest BCUT2D eigenvalue weighted by Crippen LogP contribution is 2.33. The van der Waals surface area contributed by atoms with Crippen LogP contribution in [-0.2, 0) is 17.3 Å². The summed E-state index contributed by atoms with van der Waals surface area (Å²) < 4.78 is 48.2. The van der Waals surface area contributed by atoms with Crippen LogP contribution in [0.4, 0.5) is 30.5 Å². The molecular formula is C29H30F3N7O3. The zero-order valence-electron chi connectivity index (χ0n) is 22.8. The molecular weight excluding hydrogens is 551 g/mol. The van der Waals surface area contributed by atoms with Gasteiger partial charge in [-0.3, -0.25) is 9.36 Å². The Labute approximate surface area is 240 Å². The van der Waals surface area contributed by atoms with Crippen LogP contribution in [0.1, 0.15) is 34.2 Å². The summed E-state index contributed by atoms with van der Waals surface area (Å²) in [4.78, 5) is 28.0. The van der Waals surface area contributed by atoms with Crippen LogP contribution in [-0.4, -0.2) is 69.5 Å². The van der Waals surface area contributed by atoms with Crippen LogP contribution in [0.25, 0.3) is 5.82 Å². The van der Waals surface area contributed by atoms with E-state index in [0.717, 1.165) is 17.7 Å². The van der Waals surface area contributed by atoms with Gasteiger partial charge in [-0.1, -0.05) is 12.1 Å². The van der Waals surface area contributed by atoms with Crippen molar-refractivity contribution >= 4 is 23.2 Å². The Kier molecular flexibility index (Phi) is 8.69. The third-order valence-electron chi connectivity index (χ3n) is 6.59. The van der Waals surface area contributed by atoms with E-state index in [2.05, 4.69) is 25.6 Å². The van der Waals surface area contributed by atoms with E-state index in [-0.39, 0.29) is 5.56 Å². The maximum atomic E-state index is 13.7. The van der Waals surface area contributed by atoms with Crippen molar-refractivity contribution in [3.8, 4) is 5.82 Å². The molecule has 1 amide bonds. The highest BCUT2D eigenvalue weighted by atomic mass is 19.4. The van der Waals surface area contributed by atoms with Gasteiger partial charge in [0.15, 0.2) is 0 Å². The third kappa shape index (κ3) is 7.22. The van der Waals surface area contributed by atoms with E-state index in [9.17, 15) is 23.1 Å². The van der Waals surface area contributed by atoms with Gasteiger partial charge < -0.3 is 25.4 Å². The van der Waals surface area contributed by atoms with Gasteiger partial charge in [-0.2, -0.15) is 18.2 Å². The number of amides is 1. The van der Waals surface area contributed by atoms with Gasteiger partial charge in [0.25, 0.3) is 5.91 Å². The number of hydrogen-bond donors (Lipinski definition) is 3. The topological polar surface area (TPSA) is 117 Å². The number of aromatic nitrogens is 4. The second kappa shape index (κ2) is 12.6. The number of aliphatic hydroxyl groups is 1. The molecule has 0 aliphatic carbocycles. The van der Waals surface area contributed by atoms with E-state index in [4.69, 9.17) is 4.74 Å². The van der Waals surface area contributed by atoms with Crippen molar-refractivity contribution in [3.05, 3.63) is 89.6 Å². The summed E-state index contributed by atoms with van der Waals surface area (Å²) >= 11 is 0. The first-order valence-corrected chi connectivity index (χ1v) is 13.4. The van der Waals surface area contributed by atoms with E-state index in [1.807, 2.05) is 6.07 Å². The third-order valence-corrected chi connectivity index (χ3v) is 6.59. The summed E-state index contributed by atoms with van der Waals surface area (Å²) in [6.45, 7) is 3.64. The van der Waals surface area contributed by atoms with E-state index >= 15 is 0 Å². The number of halogens is 3. The van der Waals surface area contributed by atoms with E-state index in [1.165, 1.54) is 6.07 Å². The molecule has 2 aromatic carbocycles. The zero-order valence-corrected chi connectivity index (χ0v) is 22.8. The van der Waals surface area contributed by atoms with Gasteiger partial charge in [0, 0.05) is 61.6 Å². The molecule has 1 fully saturated rings. The smallest absolute Gasteiger partial charge is 0.392 e. The maximum Gasteiger partial charge on any atom is 0.416 e. The summed E-state index contributed by atoms with van der Waals surface area (Å²) in [6, 6.07) is 12.2. The molecule has 0 radical (unpaired) electrons. The Bertz CT molecular complexity index is 1530. The molecule has 0 unspecified atom stereocenters.